The predicted octanol–water partition coefficient (Wildman–Crippen LogP) is 5.71. The fourth-order valence-electron chi connectivity index (χ4n) is 4.28. The summed E-state index contributed by atoms with van der Waals surface area (Å²) in [6, 6.07) is 7.48. The van der Waals surface area contributed by atoms with E-state index in [1.807, 2.05) is 12.1 Å². The Balaban J connectivity index is 1.73. The summed E-state index contributed by atoms with van der Waals surface area (Å²) in [5.41, 5.74) is 5.08. The van der Waals surface area contributed by atoms with Crippen LogP contribution in [0.3, 0.4) is 0 Å². The van der Waals surface area contributed by atoms with E-state index < -0.39 is 0 Å². The first kappa shape index (κ1) is 19.9. The van der Waals surface area contributed by atoms with E-state index in [0.717, 1.165) is 18.4 Å². The first-order chi connectivity index (χ1) is 12.6. The molecule has 146 valence electrons. The number of rotatable bonds is 4. The number of hydrogen-bond donors (Lipinski definition) is 0. The van der Waals surface area contributed by atoms with Crippen LogP contribution in [-0.4, -0.2) is 19.2 Å². The van der Waals surface area contributed by atoms with Gasteiger partial charge in [-0.05, 0) is 52.9 Å². The van der Waals surface area contributed by atoms with E-state index in [4.69, 9.17) is 9.47 Å². The zero-order valence-electron chi connectivity index (χ0n) is 17.5. The summed E-state index contributed by atoms with van der Waals surface area (Å²) in [5, 5.41) is 0. The Morgan fingerprint density at radius 2 is 1.85 bits per heavy atom. The molecule has 0 aromatic heterocycles. The van der Waals surface area contributed by atoms with Gasteiger partial charge in [-0.2, -0.15) is 0 Å². The molecule has 0 heterocycles. The van der Waals surface area contributed by atoms with E-state index in [0.29, 0.717) is 18.1 Å². The van der Waals surface area contributed by atoms with E-state index in [1.165, 1.54) is 12.7 Å². The smallest absolute Gasteiger partial charge is 0.337 e. The molecule has 0 radical (unpaired) electrons. The van der Waals surface area contributed by atoms with Crippen LogP contribution in [0.5, 0.6) is 0 Å². The van der Waals surface area contributed by atoms with Crippen molar-refractivity contribution < 1.29 is 14.3 Å². The molecule has 3 nitrogen and oxygen atoms in total. The van der Waals surface area contributed by atoms with Gasteiger partial charge < -0.3 is 9.47 Å². The highest BCUT2D eigenvalue weighted by Gasteiger charge is 2.42. The highest BCUT2D eigenvalue weighted by Crippen LogP contribution is 2.51. The highest BCUT2D eigenvalue weighted by molar-refractivity contribution is 5.89. The minimum absolute atomic E-state index is 0.150. The molecule has 27 heavy (non-hydrogen) atoms. The normalized spacial score (nSPS) is 24.1. The molecule has 0 spiro atoms. The summed E-state index contributed by atoms with van der Waals surface area (Å²) in [6.45, 7) is 12.2. The van der Waals surface area contributed by atoms with Crippen molar-refractivity contribution in [2.24, 2.45) is 16.7 Å². The van der Waals surface area contributed by atoms with Crippen LogP contribution in [0.15, 0.2) is 47.6 Å². The van der Waals surface area contributed by atoms with Crippen molar-refractivity contribution in [1.29, 1.82) is 0 Å². The molecule has 0 saturated carbocycles. The number of hydrogen-bond acceptors (Lipinski definition) is 3. The van der Waals surface area contributed by atoms with E-state index in [1.54, 1.807) is 17.7 Å². The molecular formula is C24H32O3. The van der Waals surface area contributed by atoms with E-state index in [9.17, 15) is 4.79 Å². The summed E-state index contributed by atoms with van der Waals surface area (Å²) in [5.74, 6) is 0.250. The molecule has 2 aliphatic carbocycles. The van der Waals surface area contributed by atoms with Crippen LogP contribution in [0.2, 0.25) is 0 Å². The Bertz CT molecular complexity index is 760. The third-order valence-electron chi connectivity index (χ3n) is 5.82. The first-order valence-corrected chi connectivity index (χ1v) is 9.82. The van der Waals surface area contributed by atoms with Crippen molar-refractivity contribution >= 4 is 5.97 Å². The second-order valence-electron chi connectivity index (χ2n) is 9.62. The van der Waals surface area contributed by atoms with Gasteiger partial charge in [0.15, 0.2) is 0 Å². The van der Waals surface area contributed by atoms with Gasteiger partial charge in [0.05, 0.1) is 25.4 Å². The highest BCUT2D eigenvalue weighted by atomic mass is 16.5. The maximum Gasteiger partial charge on any atom is 0.337 e. The number of methoxy groups -OCH3 is 1. The average molecular weight is 369 g/mol. The monoisotopic (exact) mass is 368 g/mol. The maximum absolute atomic E-state index is 11.6. The lowest BCUT2D eigenvalue weighted by atomic mass is 9.71. The summed E-state index contributed by atoms with van der Waals surface area (Å²) in [7, 11) is 1.40. The molecule has 2 aliphatic rings. The molecule has 0 amide bonds. The molecule has 2 unspecified atom stereocenters. The van der Waals surface area contributed by atoms with Crippen LogP contribution in [0.1, 0.15) is 63.4 Å². The van der Waals surface area contributed by atoms with Crippen LogP contribution in [-0.2, 0) is 16.1 Å². The fraction of sp³-hybridized carbons (Fsp3) is 0.542. The first-order valence-electron chi connectivity index (χ1n) is 9.82. The summed E-state index contributed by atoms with van der Waals surface area (Å²) in [4.78, 5) is 11.6. The third-order valence-corrected chi connectivity index (χ3v) is 5.82. The summed E-state index contributed by atoms with van der Waals surface area (Å²) < 4.78 is 11.1. The van der Waals surface area contributed by atoms with Gasteiger partial charge in [-0.15, -0.1) is 0 Å². The zero-order valence-corrected chi connectivity index (χ0v) is 17.5. The van der Waals surface area contributed by atoms with Crippen LogP contribution >= 0.6 is 0 Å². The van der Waals surface area contributed by atoms with Gasteiger partial charge in [0.2, 0.25) is 0 Å². The predicted molar refractivity (Wildman–Crippen MR) is 108 cm³/mol. The topological polar surface area (TPSA) is 35.5 Å². The Labute approximate surface area is 163 Å². The standard InChI is InChI=1S/C24H32O3/c1-23(2,3)20-13-21(18-11-12-24(4,5)14-19(18)20)27-15-16-7-9-17(10-8-16)22(25)26-6/h7-12,20-21H,13-15H2,1-6H3. The molecule has 3 heteroatoms. The van der Waals surface area contributed by atoms with Gasteiger partial charge in [0.1, 0.15) is 0 Å². The number of ether oxygens (including phenoxy) is 2. The number of esters is 1. The van der Waals surface area contributed by atoms with Crippen molar-refractivity contribution in [2.45, 2.75) is 60.2 Å². The molecule has 3 rings (SSSR count). The number of allylic oxidation sites excluding steroid dienone is 2. The Hall–Kier alpha value is -1.87. The van der Waals surface area contributed by atoms with Crippen molar-refractivity contribution in [3.8, 4) is 0 Å². The number of benzene rings is 1. The van der Waals surface area contributed by atoms with Crippen molar-refractivity contribution in [3.63, 3.8) is 0 Å². The molecule has 1 aromatic rings. The molecular weight excluding hydrogens is 336 g/mol. The van der Waals surface area contributed by atoms with Crippen LogP contribution in [0.4, 0.5) is 0 Å². The van der Waals surface area contributed by atoms with Gasteiger partial charge in [-0.25, -0.2) is 4.79 Å². The fourth-order valence-corrected chi connectivity index (χ4v) is 4.28. The lowest BCUT2D eigenvalue weighted by Crippen LogP contribution is -2.24. The van der Waals surface area contributed by atoms with Gasteiger partial charge >= 0.3 is 5.97 Å². The Morgan fingerprint density at radius 1 is 1.19 bits per heavy atom. The average Bonchev–Trinajstić information content (AvgIpc) is 2.96. The minimum atomic E-state index is -0.309. The SMILES string of the molecule is COC(=O)c1ccc(COC2CC(C(C)(C)C)C3=C2C=CC(C)(C)C3)cc1. The Morgan fingerprint density at radius 3 is 2.44 bits per heavy atom. The lowest BCUT2D eigenvalue weighted by Gasteiger charge is -2.34. The lowest BCUT2D eigenvalue weighted by molar-refractivity contribution is 0.0529. The second-order valence-corrected chi connectivity index (χ2v) is 9.62. The van der Waals surface area contributed by atoms with E-state index in [2.05, 4.69) is 46.8 Å². The molecule has 0 N–H and O–H groups in total. The molecule has 1 aromatic carbocycles. The van der Waals surface area contributed by atoms with Gasteiger partial charge in [-0.3, -0.25) is 0 Å². The van der Waals surface area contributed by atoms with Gasteiger partial charge in [0.25, 0.3) is 0 Å². The summed E-state index contributed by atoms with van der Waals surface area (Å²) in [6.07, 6.45) is 6.95. The molecule has 0 bridgehead atoms. The maximum atomic E-state index is 11.6. The third kappa shape index (κ3) is 4.35. The quantitative estimate of drug-likeness (QED) is 0.639. The van der Waals surface area contributed by atoms with Crippen LogP contribution in [0, 0.1) is 16.7 Å². The number of carbonyl (C=O) groups is 1. The largest absolute Gasteiger partial charge is 0.465 e. The van der Waals surface area contributed by atoms with E-state index >= 15 is 0 Å². The Kier molecular flexibility index (Phi) is 5.36. The van der Waals surface area contributed by atoms with Crippen LogP contribution < -0.4 is 0 Å². The van der Waals surface area contributed by atoms with Gasteiger partial charge in [0, 0.05) is 0 Å². The van der Waals surface area contributed by atoms with Crippen molar-refractivity contribution in [2.75, 3.05) is 7.11 Å². The van der Waals surface area contributed by atoms with Crippen LogP contribution in [0.25, 0.3) is 0 Å². The molecule has 0 aliphatic heterocycles. The van der Waals surface area contributed by atoms with Crippen molar-refractivity contribution in [1.82, 2.24) is 0 Å². The summed E-state index contributed by atoms with van der Waals surface area (Å²) >= 11 is 0. The van der Waals surface area contributed by atoms with E-state index in [-0.39, 0.29) is 22.9 Å². The molecule has 2 atom stereocenters. The van der Waals surface area contributed by atoms with Crippen molar-refractivity contribution in [3.05, 3.63) is 58.7 Å². The minimum Gasteiger partial charge on any atom is -0.465 e. The molecule has 0 saturated heterocycles. The number of carbonyl (C=O) groups excluding carboxylic acids is 1. The second kappa shape index (κ2) is 7.27. The zero-order chi connectivity index (χ0) is 19.8. The molecule has 0 fully saturated rings. The van der Waals surface area contributed by atoms with Gasteiger partial charge in [-0.1, -0.05) is 64.5 Å².